The van der Waals surface area contributed by atoms with E-state index in [4.69, 9.17) is 14.9 Å². The number of nitrogens with zero attached hydrogens (tertiary/aromatic N) is 2. The van der Waals surface area contributed by atoms with Crippen molar-refractivity contribution in [2.45, 2.75) is 45.6 Å². The summed E-state index contributed by atoms with van der Waals surface area (Å²) in [5.41, 5.74) is 5.90. The van der Waals surface area contributed by atoms with Gasteiger partial charge in [0.2, 0.25) is 5.91 Å². The van der Waals surface area contributed by atoms with Crippen molar-refractivity contribution < 1.29 is 18.7 Å². The van der Waals surface area contributed by atoms with Crippen LogP contribution in [0.5, 0.6) is 0 Å². The first-order valence-corrected chi connectivity index (χ1v) is 9.60. The van der Waals surface area contributed by atoms with Crippen LogP contribution in [0.3, 0.4) is 0 Å². The van der Waals surface area contributed by atoms with Crippen LogP contribution in [-0.4, -0.2) is 61.5 Å². The molecule has 3 rings (SSSR count). The molecule has 1 spiro atoms. The lowest BCUT2D eigenvalue weighted by Gasteiger charge is -2.24. The van der Waals surface area contributed by atoms with E-state index in [0.29, 0.717) is 19.7 Å². The summed E-state index contributed by atoms with van der Waals surface area (Å²) in [5.74, 6) is 0.691. The zero-order valence-electron chi connectivity index (χ0n) is 16.8. The summed E-state index contributed by atoms with van der Waals surface area (Å²) < 4.78 is 10.9. The second kappa shape index (κ2) is 7.28. The van der Waals surface area contributed by atoms with Crippen LogP contribution >= 0.6 is 0 Å². The van der Waals surface area contributed by atoms with E-state index in [0.717, 1.165) is 43.8 Å². The number of methoxy groups -OCH3 is 1. The lowest BCUT2D eigenvalue weighted by Crippen LogP contribution is -2.38. The van der Waals surface area contributed by atoms with Gasteiger partial charge >= 0.3 is 0 Å². The summed E-state index contributed by atoms with van der Waals surface area (Å²) in [4.78, 5) is 28.7. The van der Waals surface area contributed by atoms with E-state index in [2.05, 4.69) is 25.7 Å². The minimum absolute atomic E-state index is 0.200. The zero-order chi connectivity index (χ0) is 19.8. The van der Waals surface area contributed by atoms with Crippen LogP contribution in [0.25, 0.3) is 0 Å². The summed E-state index contributed by atoms with van der Waals surface area (Å²) in [6, 6.07) is 1.76. The van der Waals surface area contributed by atoms with E-state index in [-0.39, 0.29) is 22.5 Å². The molecule has 2 aliphatic heterocycles. The Hall–Kier alpha value is -1.86. The fourth-order valence-electron chi connectivity index (χ4n) is 4.32. The van der Waals surface area contributed by atoms with Gasteiger partial charge in [-0.1, -0.05) is 20.8 Å². The number of furan rings is 1. The van der Waals surface area contributed by atoms with Gasteiger partial charge < -0.3 is 19.8 Å². The first-order chi connectivity index (χ1) is 12.7. The van der Waals surface area contributed by atoms with Crippen molar-refractivity contribution in [2.24, 2.45) is 11.1 Å². The molecule has 0 aliphatic carbocycles. The Morgan fingerprint density at radius 2 is 2.04 bits per heavy atom. The molecular formula is C20H31N3O4. The van der Waals surface area contributed by atoms with Gasteiger partial charge in [0.25, 0.3) is 5.91 Å². The van der Waals surface area contributed by atoms with Gasteiger partial charge in [-0.2, -0.15) is 0 Å². The molecule has 2 N–H and O–H groups in total. The number of rotatable bonds is 6. The smallest absolute Gasteiger partial charge is 0.284 e. The summed E-state index contributed by atoms with van der Waals surface area (Å²) >= 11 is 0. The Labute approximate surface area is 160 Å². The van der Waals surface area contributed by atoms with Crippen LogP contribution in [0.15, 0.2) is 10.5 Å². The summed E-state index contributed by atoms with van der Waals surface area (Å²) in [5, 5.41) is 0. The SMILES string of the molecule is COCCN1CCC2(CCN(Cc3cc(C(N)=O)oc3C(C)(C)C)C2)C1=O. The summed E-state index contributed by atoms with van der Waals surface area (Å²) in [7, 11) is 1.66. The Morgan fingerprint density at radius 1 is 1.33 bits per heavy atom. The number of hydrogen-bond donors (Lipinski definition) is 1. The van der Waals surface area contributed by atoms with E-state index < -0.39 is 5.91 Å². The molecule has 0 radical (unpaired) electrons. The van der Waals surface area contributed by atoms with Crippen LogP contribution in [0.1, 0.15) is 55.5 Å². The molecule has 0 bridgehead atoms. The largest absolute Gasteiger partial charge is 0.455 e. The van der Waals surface area contributed by atoms with Crippen LogP contribution in [0.2, 0.25) is 0 Å². The fourth-order valence-corrected chi connectivity index (χ4v) is 4.32. The van der Waals surface area contributed by atoms with Gasteiger partial charge in [-0.05, 0) is 25.5 Å². The Kier molecular flexibility index (Phi) is 5.36. The molecule has 0 saturated carbocycles. The number of primary amides is 1. The molecule has 2 amide bonds. The van der Waals surface area contributed by atoms with Crippen molar-refractivity contribution in [3.8, 4) is 0 Å². The molecule has 1 unspecified atom stereocenters. The topological polar surface area (TPSA) is 89.0 Å². The second-order valence-corrected chi connectivity index (χ2v) is 8.86. The Morgan fingerprint density at radius 3 is 2.67 bits per heavy atom. The summed E-state index contributed by atoms with van der Waals surface area (Å²) in [6.45, 7) is 10.5. The highest BCUT2D eigenvalue weighted by molar-refractivity contribution is 5.90. The molecule has 1 aromatic heterocycles. The molecule has 3 heterocycles. The van der Waals surface area contributed by atoms with Crippen LogP contribution in [0.4, 0.5) is 0 Å². The van der Waals surface area contributed by atoms with E-state index in [9.17, 15) is 9.59 Å². The van der Waals surface area contributed by atoms with Crippen molar-refractivity contribution >= 4 is 11.8 Å². The number of nitrogens with two attached hydrogens (primary N) is 1. The molecule has 0 aromatic carbocycles. The molecule has 2 aliphatic rings. The van der Waals surface area contributed by atoms with Gasteiger partial charge in [0.1, 0.15) is 5.76 Å². The van der Waals surface area contributed by atoms with Crippen molar-refractivity contribution in [1.29, 1.82) is 0 Å². The van der Waals surface area contributed by atoms with Crippen molar-refractivity contribution in [3.05, 3.63) is 23.2 Å². The van der Waals surface area contributed by atoms with Gasteiger partial charge in [0.15, 0.2) is 5.76 Å². The highest BCUT2D eigenvalue weighted by Gasteiger charge is 2.50. The maximum atomic E-state index is 12.9. The molecule has 7 nitrogen and oxygen atoms in total. The maximum Gasteiger partial charge on any atom is 0.284 e. The number of amides is 2. The number of carbonyl (C=O) groups excluding carboxylic acids is 2. The van der Waals surface area contributed by atoms with Crippen LogP contribution < -0.4 is 5.73 Å². The number of hydrogen-bond acceptors (Lipinski definition) is 5. The van der Waals surface area contributed by atoms with Crippen molar-refractivity contribution in [1.82, 2.24) is 9.80 Å². The maximum absolute atomic E-state index is 12.9. The van der Waals surface area contributed by atoms with E-state index in [1.165, 1.54) is 0 Å². The highest BCUT2D eigenvalue weighted by Crippen LogP contribution is 2.41. The minimum Gasteiger partial charge on any atom is -0.455 e. The molecule has 1 atom stereocenters. The lowest BCUT2D eigenvalue weighted by atomic mass is 9.85. The molecule has 1 aromatic rings. The van der Waals surface area contributed by atoms with E-state index in [1.54, 1.807) is 13.2 Å². The lowest BCUT2D eigenvalue weighted by molar-refractivity contribution is -0.136. The predicted octanol–water partition coefficient (Wildman–Crippen LogP) is 1.75. The van der Waals surface area contributed by atoms with E-state index >= 15 is 0 Å². The summed E-state index contributed by atoms with van der Waals surface area (Å²) in [6.07, 6.45) is 1.77. The van der Waals surface area contributed by atoms with Gasteiger partial charge in [-0.15, -0.1) is 0 Å². The van der Waals surface area contributed by atoms with Gasteiger partial charge in [-0.3, -0.25) is 14.5 Å². The zero-order valence-corrected chi connectivity index (χ0v) is 16.8. The third-order valence-corrected chi connectivity index (χ3v) is 5.73. The average Bonchev–Trinajstić information content (AvgIpc) is 3.27. The minimum atomic E-state index is -0.551. The number of ether oxygens (including phenoxy) is 1. The molecule has 150 valence electrons. The Bertz CT molecular complexity index is 721. The van der Waals surface area contributed by atoms with Crippen molar-refractivity contribution in [3.63, 3.8) is 0 Å². The second-order valence-electron chi connectivity index (χ2n) is 8.86. The monoisotopic (exact) mass is 377 g/mol. The molecule has 7 heteroatoms. The first-order valence-electron chi connectivity index (χ1n) is 9.60. The number of carbonyl (C=O) groups is 2. The van der Waals surface area contributed by atoms with Crippen LogP contribution in [0, 0.1) is 5.41 Å². The highest BCUT2D eigenvalue weighted by atomic mass is 16.5. The normalized spacial score (nSPS) is 23.7. The number of likely N-dealkylation sites (tertiary alicyclic amines) is 2. The molecule has 2 saturated heterocycles. The molecular weight excluding hydrogens is 346 g/mol. The molecule has 27 heavy (non-hydrogen) atoms. The third kappa shape index (κ3) is 3.89. The van der Waals surface area contributed by atoms with Gasteiger partial charge in [0.05, 0.1) is 12.0 Å². The Balaban J connectivity index is 1.72. The van der Waals surface area contributed by atoms with E-state index in [1.807, 2.05) is 4.90 Å². The fraction of sp³-hybridized carbons (Fsp3) is 0.700. The molecule has 2 fully saturated rings. The predicted molar refractivity (Wildman–Crippen MR) is 101 cm³/mol. The third-order valence-electron chi connectivity index (χ3n) is 5.73. The average molecular weight is 377 g/mol. The van der Waals surface area contributed by atoms with Gasteiger partial charge in [-0.25, -0.2) is 0 Å². The quantitative estimate of drug-likeness (QED) is 0.816. The standard InChI is InChI=1S/C20H31N3O4/c1-19(2,3)16-14(11-15(27-16)17(21)24)12-22-7-5-20(13-22)6-8-23(18(20)25)9-10-26-4/h11H,5-10,12-13H2,1-4H3,(H2,21,24). The first kappa shape index (κ1) is 19.9. The van der Waals surface area contributed by atoms with Crippen LogP contribution in [-0.2, 0) is 21.5 Å². The van der Waals surface area contributed by atoms with Crippen molar-refractivity contribution in [2.75, 3.05) is 39.9 Å². The van der Waals surface area contributed by atoms with Gasteiger partial charge in [0, 0.05) is 44.3 Å².